The topological polar surface area (TPSA) is 50.7 Å². The lowest BCUT2D eigenvalue weighted by atomic mass is 10.2. The Morgan fingerprint density at radius 3 is 1.06 bits per heavy atom. The van der Waals surface area contributed by atoms with E-state index in [9.17, 15) is 0 Å². The molecule has 1 rings (SSSR count). The normalized spacial score (nSPS) is 9.83. The third-order valence-electron chi connectivity index (χ3n) is 2.20. The maximum absolute atomic E-state index is 4.47. The predicted octanol–water partition coefficient (Wildman–Crippen LogP) is 2.56. The van der Waals surface area contributed by atoms with E-state index in [1.54, 1.807) is 0 Å². The molecule has 4 heteroatoms. The highest BCUT2D eigenvalue weighted by molar-refractivity contribution is 4.98. The Morgan fingerprint density at radius 2 is 0.889 bits per heavy atom. The second kappa shape index (κ2) is 11.1. The summed E-state index contributed by atoms with van der Waals surface area (Å²) >= 11 is 0. The fourth-order valence-corrected chi connectivity index (χ4v) is 1.53. The minimum atomic E-state index is 0.968. The van der Waals surface area contributed by atoms with Crippen molar-refractivity contribution < 1.29 is 0 Å². The summed E-state index contributed by atoms with van der Waals surface area (Å²) in [5.41, 5.74) is 0. The maximum Gasteiger partial charge on any atom is 0.132 e. The fourth-order valence-electron chi connectivity index (χ4n) is 1.53. The van der Waals surface area contributed by atoms with E-state index in [1.807, 2.05) is 14.1 Å². The van der Waals surface area contributed by atoms with Crippen molar-refractivity contribution in [2.45, 2.75) is 59.3 Å². The zero-order valence-corrected chi connectivity index (χ0v) is 12.6. The van der Waals surface area contributed by atoms with Crippen LogP contribution in [0.1, 0.15) is 57.5 Å². The summed E-state index contributed by atoms with van der Waals surface area (Å²) in [4.78, 5) is 13.4. The molecule has 0 saturated heterocycles. The van der Waals surface area contributed by atoms with Gasteiger partial charge in [0.25, 0.3) is 0 Å². The first-order chi connectivity index (χ1) is 8.71. The van der Waals surface area contributed by atoms with Gasteiger partial charge in [0.05, 0.1) is 0 Å². The Labute approximate surface area is 112 Å². The number of aryl methyl sites for hydroxylation is 3. The molecular weight excluding hydrogens is 224 g/mol. The van der Waals surface area contributed by atoms with Crippen LogP contribution in [0.25, 0.3) is 0 Å². The summed E-state index contributed by atoms with van der Waals surface area (Å²) in [6.07, 6.45) is 6.20. The number of nitrogens with one attached hydrogen (secondary N) is 1. The van der Waals surface area contributed by atoms with Gasteiger partial charge in [-0.3, -0.25) is 0 Å². The van der Waals surface area contributed by atoms with Gasteiger partial charge in [-0.05, 0) is 33.4 Å². The maximum atomic E-state index is 4.47. The average molecular weight is 252 g/mol. The third-order valence-corrected chi connectivity index (χ3v) is 2.20. The molecule has 0 spiro atoms. The Balaban J connectivity index is 0.000000873. The van der Waals surface area contributed by atoms with Crippen LogP contribution in [0, 0.1) is 0 Å². The SMILES string of the molecule is CCCc1nc(CCC)nc(CCC)n1.CNC. The molecule has 0 atom stereocenters. The smallest absolute Gasteiger partial charge is 0.132 e. The Hall–Kier alpha value is -1.03. The molecule has 0 aliphatic carbocycles. The summed E-state index contributed by atoms with van der Waals surface area (Å²) in [6, 6.07) is 0. The summed E-state index contributed by atoms with van der Waals surface area (Å²) in [5.74, 6) is 2.92. The molecule has 104 valence electrons. The molecule has 0 aliphatic heterocycles. The predicted molar refractivity (Wildman–Crippen MR) is 76.8 cm³/mol. The highest BCUT2D eigenvalue weighted by Gasteiger charge is 2.04. The second-order valence-electron chi connectivity index (χ2n) is 4.33. The summed E-state index contributed by atoms with van der Waals surface area (Å²) in [5, 5.41) is 2.75. The van der Waals surface area contributed by atoms with E-state index in [-0.39, 0.29) is 0 Å². The lowest BCUT2D eigenvalue weighted by Crippen LogP contribution is -2.07. The van der Waals surface area contributed by atoms with E-state index in [1.165, 1.54) is 0 Å². The molecular formula is C14H28N4. The van der Waals surface area contributed by atoms with E-state index in [4.69, 9.17) is 0 Å². The molecule has 0 unspecified atom stereocenters. The first kappa shape index (κ1) is 17.0. The monoisotopic (exact) mass is 252 g/mol. The number of rotatable bonds is 6. The summed E-state index contributed by atoms with van der Waals surface area (Å²) < 4.78 is 0. The van der Waals surface area contributed by atoms with E-state index < -0.39 is 0 Å². The number of nitrogens with zero attached hydrogens (tertiary/aromatic N) is 3. The van der Waals surface area contributed by atoms with Crippen molar-refractivity contribution in [3.05, 3.63) is 17.5 Å². The molecule has 1 aromatic heterocycles. The molecule has 0 radical (unpaired) electrons. The van der Waals surface area contributed by atoms with Crippen LogP contribution in [0.5, 0.6) is 0 Å². The quantitative estimate of drug-likeness (QED) is 0.845. The zero-order chi connectivity index (χ0) is 13.8. The van der Waals surface area contributed by atoms with Crippen molar-refractivity contribution in [2.75, 3.05) is 14.1 Å². The van der Waals surface area contributed by atoms with Gasteiger partial charge in [0.1, 0.15) is 17.5 Å². The second-order valence-corrected chi connectivity index (χ2v) is 4.33. The lowest BCUT2D eigenvalue weighted by Gasteiger charge is -2.05. The Bertz CT molecular complexity index is 253. The van der Waals surface area contributed by atoms with Crippen molar-refractivity contribution in [3.8, 4) is 0 Å². The first-order valence-electron chi connectivity index (χ1n) is 7.02. The molecule has 18 heavy (non-hydrogen) atoms. The van der Waals surface area contributed by atoms with Gasteiger partial charge in [0.2, 0.25) is 0 Å². The molecule has 0 fully saturated rings. The average Bonchev–Trinajstić information content (AvgIpc) is 2.31. The van der Waals surface area contributed by atoms with Gasteiger partial charge in [-0.25, -0.2) is 15.0 Å². The van der Waals surface area contributed by atoms with Gasteiger partial charge in [-0.2, -0.15) is 0 Å². The van der Waals surface area contributed by atoms with Gasteiger partial charge in [0.15, 0.2) is 0 Å². The van der Waals surface area contributed by atoms with E-state index in [0.29, 0.717) is 0 Å². The van der Waals surface area contributed by atoms with Crippen LogP contribution in [0.4, 0.5) is 0 Å². The molecule has 0 aromatic carbocycles. The third kappa shape index (κ3) is 7.33. The first-order valence-corrected chi connectivity index (χ1v) is 7.02. The molecule has 1 aromatic rings. The molecule has 1 heterocycles. The van der Waals surface area contributed by atoms with Crippen LogP contribution < -0.4 is 5.32 Å². The van der Waals surface area contributed by atoms with Crippen molar-refractivity contribution >= 4 is 0 Å². The van der Waals surface area contributed by atoms with Crippen LogP contribution >= 0.6 is 0 Å². The molecule has 0 saturated carbocycles. The molecule has 0 aliphatic rings. The molecule has 0 bridgehead atoms. The van der Waals surface area contributed by atoms with Crippen molar-refractivity contribution in [1.82, 2.24) is 20.3 Å². The lowest BCUT2D eigenvalue weighted by molar-refractivity contribution is 0.707. The number of aromatic nitrogens is 3. The van der Waals surface area contributed by atoms with Crippen LogP contribution in [0.2, 0.25) is 0 Å². The molecule has 1 N–H and O–H groups in total. The minimum absolute atomic E-state index is 0.968. The zero-order valence-electron chi connectivity index (χ0n) is 12.6. The summed E-state index contributed by atoms with van der Waals surface area (Å²) in [7, 11) is 3.75. The number of hydrogen-bond donors (Lipinski definition) is 1. The fraction of sp³-hybridized carbons (Fsp3) is 0.786. The van der Waals surface area contributed by atoms with Crippen molar-refractivity contribution in [2.24, 2.45) is 0 Å². The van der Waals surface area contributed by atoms with Gasteiger partial charge < -0.3 is 5.32 Å². The van der Waals surface area contributed by atoms with Crippen LogP contribution in [-0.2, 0) is 19.3 Å². The van der Waals surface area contributed by atoms with E-state index >= 15 is 0 Å². The Kier molecular flexibility index (Phi) is 10.4. The van der Waals surface area contributed by atoms with Gasteiger partial charge in [-0.1, -0.05) is 20.8 Å². The van der Waals surface area contributed by atoms with Crippen LogP contribution in [-0.4, -0.2) is 29.0 Å². The standard InChI is InChI=1S/C12H21N3.C2H7N/c1-4-7-10-13-11(8-5-2)15-12(14-10)9-6-3;1-3-2/h4-9H2,1-3H3;3H,1-2H3. The van der Waals surface area contributed by atoms with Gasteiger partial charge in [0, 0.05) is 19.3 Å². The van der Waals surface area contributed by atoms with Gasteiger partial charge in [-0.15, -0.1) is 0 Å². The molecule has 4 nitrogen and oxygen atoms in total. The van der Waals surface area contributed by atoms with Crippen molar-refractivity contribution in [1.29, 1.82) is 0 Å². The minimum Gasteiger partial charge on any atom is -0.323 e. The van der Waals surface area contributed by atoms with Crippen LogP contribution in [0.15, 0.2) is 0 Å². The van der Waals surface area contributed by atoms with E-state index in [0.717, 1.165) is 56.0 Å². The largest absolute Gasteiger partial charge is 0.323 e. The van der Waals surface area contributed by atoms with Crippen molar-refractivity contribution in [3.63, 3.8) is 0 Å². The number of hydrogen-bond acceptors (Lipinski definition) is 4. The van der Waals surface area contributed by atoms with E-state index in [2.05, 4.69) is 41.0 Å². The molecule has 0 amide bonds. The highest BCUT2D eigenvalue weighted by atomic mass is 15.0. The van der Waals surface area contributed by atoms with Gasteiger partial charge >= 0.3 is 0 Å². The van der Waals surface area contributed by atoms with Crippen LogP contribution in [0.3, 0.4) is 0 Å². The Morgan fingerprint density at radius 1 is 0.667 bits per heavy atom. The summed E-state index contributed by atoms with van der Waals surface area (Å²) in [6.45, 7) is 6.47. The highest BCUT2D eigenvalue weighted by Crippen LogP contribution is 2.03.